The predicted octanol–water partition coefficient (Wildman–Crippen LogP) is 2.93. The highest BCUT2D eigenvalue weighted by Crippen LogP contribution is 2.20. The van der Waals surface area contributed by atoms with Gasteiger partial charge in [0, 0.05) is 5.56 Å². The summed E-state index contributed by atoms with van der Waals surface area (Å²) >= 11 is 0. The second kappa shape index (κ2) is 9.05. The smallest absolute Gasteiger partial charge is 0.343 e. The molecule has 142 valence electrons. The van der Waals surface area contributed by atoms with Gasteiger partial charge in [0.15, 0.2) is 11.9 Å². The van der Waals surface area contributed by atoms with Crippen LogP contribution in [0.4, 0.5) is 0 Å². The molecule has 1 atom stereocenters. The van der Waals surface area contributed by atoms with Crippen LogP contribution in [0.1, 0.15) is 22.0 Å². The Bertz CT molecular complexity index is 1060. The Kier molecular flexibility index (Phi) is 6.06. The average molecular weight is 386 g/mol. The minimum atomic E-state index is -1.00. The lowest BCUT2D eigenvalue weighted by Gasteiger charge is -2.07. The Morgan fingerprint density at radius 1 is 0.966 bits per heavy atom. The van der Waals surface area contributed by atoms with Crippen molar-refractivity contribution in [1.82, 2.24) is 9.97 Å². The molecule has 7 nitrogen and oxygen atoms in total. The zero-order valence-electron chi connectivity index (χ0n) is 15.0. The quantitative estimate of drug-likeness (QED) is 0.229. The molecule has 1 unspecified atom stereocenters. The summed E-state index contributed by atoms with van der Waals surface area (Å²) in [6.07, 6.45) is 13.8. The van der Waals surface area contributed by atoms with E-state index in [1.807, 2.05) is 6.11 Å². The summed E-state index contributed by atoms with van der Waals surface area (Å²) in [6.45, 7) is 0. The molecule has 0 aliphatic carbocycles. The summed E-state index contributed by atoms with van der Waals surface area (Å²) in [5.74, 6) is 2.71. The summed E-state index contributed by atoms with van der Waals surface area (Å²) in [4.78, 5) is 29.7. The van der Waals surface area contributed by atoms with E-state index in [0.29, 0.717) is 28.3 Å². The van der Waals surface area contributed by atoms with Gasteiger partial charge < -0.3 is 9.84 Å². The van der Waals surface area contributed by atoms with Crippen LogP contribution in [0.25, 0.3) is 11.4 Å². The van der Waals surface area contributed by atoms with Crippen LogP contribution < -0.4 is 9.62 Å². The third-order valence-electron chi connectivity index (χ3n) is 3.76. The molecular formula is C22H14N2O5. The van der Waals surface area contributed by atoms with Crippen molar-refractivity contribution in [3.05, 3.63) is 72.1 Å². The summed E-state index contributed by atoms with van der Waals surface area (Å²) in [7, 11) is 0. The Morgan fingerprint density at radius 3 is 2.21 bits per heavy atom. The van der Waals surface area contributed by atoms with E-state index in [1.54, 1.807) is 48.5 Å². The predicted molar refractivity (Wildman–Crippen MR) is 103 cm³/mol. The molecule has 0 fully saturated rings. The fraction of sp³-hybridized carbons (Fsp3) is 0.0455. The molecule has 3 aromatic rings. The zero-order valence-corrected chi connectivity index (χ0v) is 15.0. The number of carbonyl (C=O) groups is 1. The molecule has 1 aromatic heterocycles. The lowest BCUT2D eigenvalue weighted by molar-refractivity contribution is -0.134. The fourth-order valence-electron chi connectivity index (χ4n) is 2.32. The van der Waals surface area contributed by atoms with Crippen molar-refractivity contribution in [3.63, 3.8) is 0 Å². The number of hydrogen-bond acceptors (Lipinski definition) is 7. The highest BCUT2D eigenvalue weighted by atomic mass is 17.2. The van der Waals surface area contributed by atoms with Crippen LogP contribution in [0.5, 0.6) is 11.5 Å². The summed E-state index contributed by atoms with van der Waals surface area (Å²) in [6, 6.07) is 12.9. The minimum absolute atomic E-state index is 0.257. The molecule has 0 saturated carbocycles. The van der Waals surface area contributed by atoms with Crippen molar-refractivity contribution in [1.29, 1.82) is 0 Å². The SMILES string of the molecule is C#COOc1cnc(-c2ccc(C(=O)Oc3ccc(C(O)C#C)cc3)cc2)nc1. The molecule has 0 amide bonds. The topological polar surface area (TPSA) is 90.8 Å². The number of hydrogen-bond donors (Lipinski definition) is 1. The van der Waals surface area contributed by atoms with E-state index in [-0.39, 0.29) is 5.75 Å². The first kappa shape index (κ1) is 19.4. The van der Waals surface area contributed by atoms with E-state index in [0.717, 1.165) is 0 Å². The number of esters is 1. The molecule has 3 rings (SSSR count). The van der Waals surface area contributed by atoms with E-state index in [1.165, 1.54) is 12.4 Å². The van der Waals surface area contributed by atoms with Crippen molar-refractivity contribution >= 4 is 5.97 Å². The van der Waals surface area contributed by atoms with Gasteiger partial charge in [0.1, 0.15) is 11.9 Å². The number of aliphatic hydroxyl groups is 1. The second-order valence-corrected chi connectivity index (χ2v) is 5.63. The van der Waals surface area contributed by atoms with Gasteiger partial charge in [-0.25, -0.2) is 19.7 Å². The molecular weight excluding hydrogens is 372 g/mol. The fourth-order valence-corrected chi connectivity index (χ4v) is 2.32. The monoisotopic (exact) mass is 386 g/mol. The van der Waals surface area contributed by atoms with Gasteiger partial charge in [0.25, 0.3) is 0 Å². The third-order valence-corrected chi connectivity index (χ3v) is 3.76. The number of ether oxygens (including phenoxy) is 1. The van der Waals surface area contributed by atoms with Crippen molar-refractivity contribution in [2.24, 2.45) is 0 Å². The molecule has 1 heterocycles. The number of carbonyl (C=O) groups excluding carboxylic acids is 1. The van der Waals surface area contributed by atoms with Crippen LogP contribution in [0.3, 0.4) is 0 Å². The van der Waals surface area contributed by atoms with Gasteiger partial charge in [0.2, 0.25) is 5.75 Å². The van der Waals surface area contributed by atoms with Crippen LogP contribution in [0, 0.1) is 24.9 Å². The average Bonchev–Trinajstić information content (AvgIpc) is 2.78. The first-order valence-corrected chi connectivity index (χ1v) is 8.28. The molecule has 29 heavy (non-hydrogen) atoms. The van der Waals surface area contributed by atoms with Crippen molar-refractivity contribution in [2.75, 3.05) is 0 Å². The summed E-state index contributed by atoms with van der Waals surface area (Å²) < 4.78 is 5.32. The van der Waals surface area contributed by atoms with Crippen molar-refractivity contribution in [3.8, 4) is 47.8 Å². The van der Waals surface area contributed by atoms with Crippen LogP contribution in [0.2, 0.25) is 0 Å². The van der Waals surface area contributed by atoms with E-state index >= 15 is 0 Å². The molecule has 0 saturated heterocycles. The molecule has 0 aliphatic heterocycles. The minimum Gasteiger partial charge on any atom is -0.423 e. The number of aliphatic hydroxyl groups excluding tert-OH is 1. The Hall–Kier alpha value is -4.33. The van der Waals surface area contributed by atoms with Crippen LogP contribution >= 0.6 is 0 Å². The van der Waals surface area contributed by atoms with E-state index < -0.39 is 12.1 Å². The third kappa shape index (κ3) is 4.89. The van der Waals surface area contributed by atoms with E-state index in [4.69, 9.17) is 22.5 Å². The standard InChI is InChI=1S/C22H14N2O5/c1-3-20(25)15-9-11-18(12-10-15)28-22(26)17-7-5-16(6-8-17)21-23-13-19(14-24-21)29-27-4-2/h1-2,5-14,20,25H. The van der Waals surface area contributed by atoms with E-state index in [9.17, 15) is 9.90 Å². The van der Waals surface area contributed by atoms with Crippen LogP contribution in [-0.2, 0) is 4.89 Å². The number of rotatable bonds is 6. The van der Waals surface area contributed by atoms with Gasteiger partial charge in [-0.2, -0.15) is 0 Å². The Labute approximate surface area is 166 Å². The highest BCUT2D eigenvalue weighted by Gasteiger charge is 2.11. The first-order chi connectivity index (χ1) is 14.1. The second-order valence-electron chi connectivity index (χ2n) is 5.63. The molecule has 0 radical (unpaired) electrons. The van der Waals surface area contributed by atoms with Gasteiger partial charge >= 0.3 is 5.97 Å². The molecule has 0 aliphatic rings. The van der Waals surface area contributed by atoms with Gasteiger partial charge in [-0.1, -0.05) is 36.6 Å². The van der Waals surface area contributed by atoms with Crippen molar-refractivity contribution in [2.45, 2.75) is 6.10 Å². The molecule has 7 heteroatoms. The molecule has 1 N–H and O–H groups in total. The number of terminal acetylenes is 2. The lowest BCUT2D eigenvalue weighted by Crippen LogP contribution is -2.08. The molecule has 0 bridgehead atoms. The van der Waals surface area contributed by atoms with Gasteiger partial charge in [0.05, 0.1) is 18.0 Å². The maximum atomic E-state index is 12.3. The Morgan fingerprint density at radius 2 is 1.62 bits per heavy atom. The van der Waals surface area contributed by atoms with E-state index in [2.05, 4.69) is 20.8 Å². The summed E-state index contributed by atoms with van der Waals surface area (Å²) in [5, 5.41) is 9.58. The van der Waals surface area contributed by atoms with Gasteiger partial charge in [-0.3, -0.25) is 4.89 Å². The maximum absolute atomic E-state index is 12.3. The van der Waals surface area contributed by atoms with Gasteiger partial charge in [-0.15, -0.1) is 6.42 Å². The normalized spacial score (nSPS) is 10.9. The van der Waals surface area contributed by atoms with Crippen LogP contribution in [-0.4, -0.2) is 21.0 Å². The van der Waals surface area contributed by atoms with Crippen LogP contribution in [0.15, 0.2) is 60.9 Å². The number of benzene rings is 2. The zero-order chi connectivity index (χ0) is 20.6. The van der Waals surface area contributed by atoms with Gasteiger partial charge in [-0.05, 0) is 29.8 Å². The number of aromatic nitrogens is 2. The Balaban J connectivity index is 1.66. The molecule has 2 aromatic carbocycles. The summed E-state index contributed by atoms with van der Waals surface area (Å²) in [5.41, 5.74) is 1.58. The largest absolute Gasteiger partial charge is 0.423 e. The number of nitrogens with zero attached hydrogens (tertiary/aromatic N) is 2. The molecule has 0 spiro atoms. The van der Waals surface area contributed by atoms with Crippen molar-refractivity contribution < 1.29 is 24.4 Å². The maximum Gasteiger partial charge on any atom is 0.343 e. The highest BCUT2D eigenvalue weighted by molar-refractivity contribution is 5.91. The first-order valence-electron chi connectivity index (χ1n) is 8.28. The lowest BCUT2D eigenvalue weighted by atomic mass is 10.1.